The van der Waals surface area contributed by atoms with Gasteiger partial charge in [-0.1, -0.05) is 6.07 Å². The number of aryl methyl sites for hydroxylation is 2. The van der Waals surface area contributed by atoms with Gasteiger partial charge in [-0.05, 0) is 84.7 Å². The predicted molar refractivity (Wildman–Crippen MR) is 159 cm³/mol. The van der Waals surface area contributed by atoms with Crippen LogP contribution in [0.2, 0.25) is 0 Å². The van der Waals surface area contributed by atoms with Crippen molar-refractivity contribution in [2.24, 2.45) is 0 Å². The fourth-order valence-corrected chi connectivity index (χ4v) is 7.75. The lowest BCUT2D eigenvalue weighted by Gasteiger charge is -2.20. The predicted octanol–water partition coefficient (Wildman–Crippen LogP) is 5.92. The quantitative estimate of drug-likeness (QED) is 0.269. The third-order valence-electron chi connectivity index (χ3n) is 7.65. The fraction of sp³-hybridized carbons (Fsp3) is 0.419. The van der Waals surface area contributed by atoms with Gasteiger partial charge in [0.1, 0.15) is 27.4 Å². The minimum absolute atomic E-state index is 0.0213. The van der Waals surface area contributed by atoms with E-state index in [9.17, 15) is 18.3 Å². The SMILES string of the molecule is COc1ccc2c(c1-c1c(C)cc(OCCCS(C)(=O)=O)cc1C)CCC2Oc1cc2c(cn1)C(CC(=O)O)CS2. The Bertz CT molecular complexity index is 1560. The van der Waals surface area contributed by atoms with Crippen LogP contribution >= 0.6 is 11.8 Å². The van der Waals surface area contributed by atoms with Crippen molar-refractivity contribution in [3.05, 3.63) is 64.3 Å². The molecule has 218 valence electrons. The summed E-state index contributed by atoms with van der Waals surface area (Å²) in [7, 11) is -1.33. The molecule has 2 heterocycles. The molecule has 5 rings (SSSR count). The largest absolute Gasteiger partial charge is 0.496 e. The summed E-state index contributed by atoms with van der Waals surface area (Å²) in [6, 6.07) is 9.99. The Morgan fingerprint density at radius 3 is 2.56 bits per heavy atom. The number of aromatic nitrogens is 1. The van der Waals surface area contributed by atoms with Crippen molar-refractivity contribution in [1.29, 1.82) is 0 Å². The number of methoxy groups -OCH3 is 1. The third kappa shape index (κ3) is 6.48. The van der Waals surface area contributed by atoms with Crippen LogP contribution in [0, 0.1) is 13.8 Å². The third-order valence-corrected chi connectivity index (χ3v) is 9.92. The summed E-state index contributed by atoms with van der Waals surface area (Å²) in [4.78, 5) is 16.8. The molecule has 2 atom stereocenters. The monoisotopic (exact) mass is 597 g/mol. The molecule has 1 aliphatic carbocycles. The summed E-state index contributed by atoms with van der Waals surface area (Å²) >= 11 is 1.65. The van der Waals surface area contributed by atoms with E-state index in [0.717, 1.165) is 68.4 Å². The summed E-state index contributed by atoms with van der Waals surface area (Å²) in [5.74, 6) is 2.09. The van der Waals surface area contributed by atoms with Gasteiger partial charge in [0.2, 0.25) is 5.88 Å². The van der Waals surface area contributed by atoms with Crippen LogP contribution in [0.1, 0.15) is 59.1 Å². The maximum Gasteiger partial charge on any atom is 0.303 e. The van der Waals surface area contributed by atoms with E-state index < -0.39 is 15.8 Å². The molecule has 10 heteroatoms. The molecule has 1 aromatic heterocycles. The summed E-state index contributed by atoms with van der Waals surface area (Å²) in [6.07, 6.45) is 5.04. The molecular weight excluding hydrogens is 562 g/mol. The summed E-state index contributed by atoms with van der Waals surface area (Å²) in [5, 5.41) is 9.21. The van der Waals surface area contributed by atoms with Crippen molar-refractivity contribution in [3.8, 4) is 28.5 Å². The highest BCUT2D eigenvalue weighted by molar-refractivity contribution is 7.99. The van der Waals surface area contributed by atoms with Crippen LogP contribution in [0.5, 0.6) is 17.4 Å². The molecule has 3 aromatic rings. The Labute approximate surface area is 245 Å². The van der Waals surface area contributed by atoms with Crippen LogP contribution in [0.25, 0.3) is 11.1 Å². The van der Waals surface area contributed by atoms with Crippen LogP contribution < -0.4 is 14.2 Å². The van der Waals surface area contributed by atoms with Crippen LogP contribution in [0.4, 0.5) is 0 Å². The molecule has 0 spiro atoms. The number of fused-ring (bicyclic) bond motifs is 2. The van der Waals surface area contributed by atoms with Gasteiger partial charge in [0, 0.05) is 40.6 Å². The Balaban J connectivity index is 1.39. The number of sulfone groups is 1. The molecule has 0 bridgehead atoms. The first-order valence-corrected chi connectivity index (χ1v) is 16.7. The molecular formula is C31H35NO7S2. The number of pyridine rings is 1. The molecule has 0 saturated carbocycles. The fourth-order valence-electron chi connectivity index (χ4n) is 5.85. The molecule has 2 aromatic carbocycles. The number of rotatable bonds is 11. The molecule has 8 nitrogen and oxygen atoms in total. The van der Waals surface area contributed by atoms with E-state index in [1.54, 1.807) is 25.1 Å². The number of benzene rings is 2. The van der Waals surface area contributed by atoms with Crippen molar-refractivity contribution < 1.29 is 32.5 Å². The number of hydrogen-bond donors (Lipinski definition) is 1. The second-order valence-electron chi connectivity index (χ2n) is 10.8. The van der Waals surface area contributed by atoms with Crippen LogP contribution in [-0.2, 0) is 21.1 Å². The Kier molecular flexibility index (Phi) is 8.52. The van der Waals surface area contributed by atoms with Crippen LogP contribution in [0.3, 0.4) is 0 Å². The lowest BCUT2D eigenvalue weighted by atomic mass is 9.89. The number of hydrogen-bond acceptors (Lipinski definition) is 8. The molecule has 1 N–H and O–H groups in total. The summed E-state index contributed by atoms with van der Waals surface area (Å²) in [5.41, 5.74) is 7.54. The van der Waals surface area contributed by atoms with Gasteiger partial charge in [-0.3, -0.25) is 4.79 Å². The van der Waals surface area contributed by atoms with E-state index in [2.05, 4.69) is 24.9 Å². The van der Waals surface area contributed by atoms with Gasteiger partial charge in [-0.15, -0.1) is 11.8 Å². The maximum atomic E-state index is 11.4. The topological polar surface area (TPSA) is 112 Å². The first kappa shape index (κ1) is 29.3. The van der Waals surface area contributed by atoms with E-state index in [1.807, 2.05) is 24.3 Å². The van der Waals surface area contributed by atoms with Crippen molar-refractivity contribution in [2.75, 3.05) is 31.5 Å². The Morgan fingerprint density at radius 2 is 1.88 bits per heavy atom. The normalized spacial score (nSPS) is 17.7. The minimum atomic E-state index is -3.01. The molecule has 0 radical (unpaired) electrons. The lowest BCUT2D eigenvalue weighted by molar-refractivity contribution is -0.137. The molecule has 0 amide bonds. The zero-order valence-corrected chi connectivity index (χ0v) is 25.4. The van der Waals surface area contributed by atoms with Crippen LogP contribution in [-0.4, -0.2) is 56.0 Å². The summed E-state index contributed by atoms with van der Waals surface area (Å²) < 4.78 is 41.0. The molecule has 1 aliphatic heterocycles. The highest BCUT2D eigenvalue weighted by Gasteiger charge is 2.31. The average Bonchev–Trinajstić information content (AvgIpc) is 3.49. The first-order chi connectivity index (χ1) is 19.5. The molecule has 2 aliphatic rings. The van der Waals surface area contributed by atoms with Crippen molar-refractivity contribution in [3.63, 3.8) is 0 Å². The van der Waals surface area contributed by atoms with Crippen LogP contribution in [0.15, 0.2) is 41.4 Å². The minimum Gasteiger partial charge on any atom is -0.496 e. The van der Waals surface area contributed by atoms with Gasteiger partial charge in [0.25, 0.3) is 0 Å². The molecule has 41 heavy (non-hydrogen) atoms. The van der Waals surface area contributed by atoms with Gasteiger partial charge < -0.3 is 19.3 Å². The molecule has 2 unspecified atom stereocenters. The van der Waals surface area contributed by atoms with Gasteiger partial charge >= 0.3 is 5.97 Å². The second kappa shape index (κ2) is 11.9. The van der Waals surface area contributed by atoms with E-state index in [4.69, 9.17) is 14.2 Å². The standard InChI is InChI=1S/C31H35NO7S2/c1-18-12-21(38-10-5-11-41(4,35)36)13-19(2)30(18)31-23-7-8-25(22(23)6-9-26(31)37-3)39-28-15-27-24(16-32-28)20(17-40-27)14-29(33)34/h6,9,12-13,15-16,20,25H,5,7-8,10-11,14,17H2,1-4H3,(H,33,34). The van der Waals surface area contributed by atoms with Gasteiger partial charge in [0.15, 0.2) is 0 Å². The molecule has 0 saturated heterocycles. The lowest BCUT2D eigenvalue weighted by Crippen LogP contribution is -2.08. The van der Waals surface area contributed by atoms with E-state index in [-0.39, 0.29) is 24.2 Å². The van der Waals surface area contributed by atoms with E-state index in [0.29, 0.717) is 18.9 Å². The highest BCUT2D eigenvalue weighted by atomic mass is 32.2. The number of nitrogens with zero attached hydrogens (tertiary/aromatic N) is 1. The Morgan fingerprint density at radius 1 is 1.12 bits per heavy atom. The van der Waals surface area contributed by atoms with Crippen molar-refractivity contribution >= 4 is 27.6 Å². The maximum absolute atomic E-state index is 11.4. The van der Waals surface area contributed by atoms with E-state index >= 15 is 0 Å². The van der Waals surface area contributed by atoms with E-state index in [1.165, 1.54) is 11.8 Å². The Hall–Kier alpha value is -3.24. The second-order valence-corrected chi connectivity index (χ2v) is 14.1. The number of carbonyl (C=O) groups is 1. The smallest absolute Gasteiger partial charge is 0.303 e. The number of carboxylic acids is 1. The van der Waals surface area contributed by atoms with Gasteiger partial charge in [0.05, 0.1) is 25.9 Å². The number of ether oxygens (including phenoxy) is 3. The molecule has 0 fully saturated rings. The first-order valence-electron chi connectivity index (χ1n) is 13.7. The van der Waals surface area contributed by atoms with Gasteiger partial charge in [-0.25, -0.2) is 13.4 Å². The van der Waals surface area contributed by atoms with Crippen molar-refractivity contribution in [1.82, 2.24) is 4.98 Å². The number of carboxylic acid groups (broad SMARTS) is 1. The zero-order chi connectivity index (χ0) is 29.3. The highest BCUT2D eigenvalue weighted by Crippen LogP contribution is 2.47. The average molecular weight is 598 g/mol. The number of thioether (sulfide) groups is 1. The summed E-state index contributed by atoms with van der Waals surface area (Å²) in [6.45, 7) is 4.44. The zero-order valence-electron chi connectivity index (χ0n) is 23.7. The van der Waals surface area contributed by atoms with Crippen molar-refractivity contribution in [2.45, 2.75) is 56.4 Å². The number of aliphatic carboxylic acids is 1. The van der Waals surface area contributed by atoms with Gasteiger partial charge in [-0.2, -0.15) is 0 Å².